The van der Waals surface area contributed by atoms with Crippen molar-refractivity contribution in [2.45, 2.75) is 148 Å². The lowest BCUT2D eigenvalue weighted by atomic mass is 9.75. The Hall–Kier alpha value is -3.46. The molecule has 0 amide bonds. The smallest absolute Gasteiger partial charge is 0.311 e. The summed E-state index contributed by atoms with van der Waals surface area (Å²) in [6.45, 7) is 16.9. The number of ketones is 1. The molecular formula is C45H64N2O11. The van der Waals surface area contributed by atoms with Gasteiger partial charge in [0.05, 0.1) is 55.2 Å². The second-order valence-electron chi connectivity index (χ2n) is 17.7. The number of nitrogens with zero attached hydrogens (tertiary/aromatic N) is 2. The second-order valence-corrected chi connectivity index (χ2v) is 17.7. The summed E-state index contributed by atoms with van der Waals surface area (Å²) in [6.07, 6.45) is -3.49. The summed E-state index contributed by atoms with van der Waals surface area (Å²) in [6, 6.07) is 14.0. The number of hydrogen-bond donors (Lipinski definition) is 0. The van der Waals surface area contributed by atoms with Gasteiger partial charge in [-0.15, -0.1) is 0 Å². The molecule has 4 bridgehead atoms. The number of carbonyl (C=O) groups excluding carboxylic acids is 3. The molecule has 4 aliphatic heterocycles. The third-order valence-electron chi connectivity index (χ3n) is 12.9. The van der Waals surface area contributed by atoms with Gasteiger partial charge in [-0.25, -0.2) is 0 Å². The van der Waals surface area contributed by atoms with Gasteiger partial charge in [0, 0.05) is 18.8 Å². The predicted molar refractivity (Wildman–Crippen MR) is 217 cm³/mol. The summed E-state index contributed by atoms with van der Waals surface area (Å²) in [7, 11) is 3.88. The summed E-state index contributed by atoms with van der Waals surface area (Å²) < 4.78 is 46.3. The Labute approximate surface area is 343 Å². The van der Waals surface area contributed by atoms with Gasteiger partial charge in [-0.05, 0) is 83.3 Å². The standard InChI is InChI=1S/C45H64N2O11/c1-12-36-45(9)40(49)27(4)37(58-45)25(2)21-44(8)41(57-43-39(55-30(7)48)35(47(10)11)20-26(3)54-43)28(5)38(29(6)42(50)56-36)51-23-33(24-52-44)46-53-22-32-18-15-17-31-16-13-14-19-34(31)32/h13-19,25-29,35-39,41,43H,12,20-24H2,1-11H3/b46-33+/t25-,26-,27?,28-,29-,35+,36-,37?,38+,39-,41-,43+,44+,45?/m1/s1. The minimum absolute atomic E-state index is 0.00638. The van der Waals surface area contributed by atoms with Crippen LogP contribution in [0.25, 0.3) is 10.8 Å². The molecule has 4 fully saturated rings. The Morgan fingerprint density at radius 3 is 2.40 bits per heavy atom. The zero-order chi connectivity index (χ0) is 42.1. The highest BCUT2D eigenvalue weighted by Gasteiger charge is 2.59. The molecule has 0 radical (unpaired) electrons. The van der Waals surface area contributed by atoms with E-state index in [-0.39, 0.29) is 43.7 Å². The van der Waals surface area contributed by atoms with Gasteiger partial charge in [-0.3, -0.25) is 14.4 Å². The first-order valence-electron chi connectivity index (χ1n) is 20.9. The minimum Gasteiger partial charge on any atom is -0.459 e. The second kappa shape index (κ2) is 18.0. The molecule has 2 aromatic carbocycles. The van der Waals surface area contributed by atoms with E-state index in [4.69, 9.17) is 38.0 Å². The molecule has 0 aliphatic carbocycles. The fourth-order valence-electron chi connectivity index (χ4n) is 9.86. The van der Waals surface area contributed by atoms with Crippen LogP contribution >= 0.6 is 0 Å². The number of fused-ring (bicyclic) bond motifs is 6. The number of benzene rings is 2. The van der Waals surface area contributed by atoms with Crippen LogP contribution in [0.4, 0.5) is 0 Å². The van der Waals surface area contributed by atoms with Crippen molar-refractivity contribution >= 4 is 34.2 Å². The molecule has 3 unspecified atom stereocenters. The van der Waals surface area contributed by atoms with Crippen molar-refractivity contribution in [3.05, 3.63) is 48.0 Å². The largest absolute Gasteiger partial charge is 0.459 e. The molecule has 4 heterocycles. The molecular weight excluding hydrogens is 744 g/mol. The topological polar surface area (TPSA) is 141 Å². The van der Waals surface area contributed by atoms with E-state index in [9.17, 15) is 14.4 Å². The first-order valence-corrected chi connectivity index (χ1v) is 20.9. The summed E-state index contributed by atoms with van der Waals surface area (Å²) in [5, 5.41) is 6.75. The van der Waals surface area contributed by atoms with Crippen LogP contribution in [-0.4, -0.2) is 116 Å². The van der Waals surface area contributed by atoms with Gasteiger partial charge in [-0.2, -0.15) is 0 Å². The van der Waals surface area contributed by atoms with Crippen molar-refractivity contribution in [3.63, 3.8) is 0 Å². The quantitative estimate of drug-likeness (QED) is 0.220. The fourth-order valence-corrected chi connectivity index (χ4v) is 9.86. The van der Waals surface area contributed by atoms with Crippen molar-refractivity contribution in [2.24, 2.45) is 28.8 Å². The third-order valence-corrected chi connectivity index (χ3v) is 12.9. The van der Waals surface area contributed by atoms with Crippen LogP contribution in [0.3, 0.4) is 0 Å². The van der Waals surface area contributed by atoms with E-state index in [1.165, 1.54) is 6.92 Å². The monoisotopic (exact) mass is 808 g/mol. The van der Waals surface area contributed by atoms with E-state index in [2.05, 4.69) is 30.3 Å². The Kier molecular flexibility index (Phi) is 13.7. The summed E-state index contributed by atoms with van der Waals surface area (Å²) in [4.78, 5) is 49.0. The molecule has 13 heteroatoms. The van der Waals surface area contributed by atoms with Crippen LogP contribution in [0.5, 0.6) is 0 Å². The molecule has 4 aliphatic rings. The Morgan fingerprint density at radius 1 is 0.966 bits per heavy atom. The van der Waals surface area contributed by atoms with Gasteiger partial charge < -0.3 is 42.9 Å². The maximum Gasteiger partial charge on any atom is 0.311 e. The zero-order valence-corrected chi connectivity index (χ0v) is 36.1. The van der Waals surface area contributed by atoms with Crippen molar-refractivity contribution in [2.75, 3.05) is 27.3 Å². The van der Waals surface area contributed by atoms with Crippen molar-refractivity contribution in [1.29, 1.82) is 0 Å². The third kappa shape index (κ3) is 9.00. The molecule has 320 valence electrons. The summed E-state index contributed by atoms with van der Waals surface area (Å²) in [5.41, 5.74) is -0.979. The number of rotatable bonds is 8. The number of likely N-dealkylation sites (N-methyl/N-ethyl adjacent to an activating group) is 1. The number of esters is 2. The number of cyclic esters (lactones) is 1. The fraction of sp³-hybridized carbons (Fsp3) is 0.689. The van der Waals surface area contributed by atoms with Crippen LogP contribution in [0.2, 0.25) is 0 Å². The maximum atomic E-state index is 14.3. The summed E-state index contributed by atoms with van der Waals surface area (Å²) in [5.74, 6) is -3.13. The van der Waals surface area contributed by atoms with Crippen LogP contribution < -0.4 is 0 Å². The molecule has 2 aromatic rings. The molecule has 0 spiro atoms. The van der Waals surface area contributed by atoms with Gasteiger partial charge in [0.15, 0.2) is 23.8 Å². The van der Waals surface area contributed by atoms with Crippen LogP contribution in [0.15, 0.2) is 47.6 Å². The lowest BCUT2D eigenvalue weighted by Gasteiger charge is -2.48. The van der Waals surface area contributed by atoms with Gasteiger partial charge >= 0.3 is 11.9 Å². The molecule has 0 saturated carbocycles. The molecule has 0 N–H and O–H groups in total. The van der Waals surface area contributed by atoms with E-state index in [0.29, 0.717) is 25.0 Å². The highest BCUT2D eigenvalue weighted by atomic mass is 16.7. The van der Waals surface area contributed by atoms with Gasteiger partial charge in [0.2, 0.25) is 0 Å². The van der Waals surface area contributed by atoms with E-state index >= 15 is 0 Å². The molecule has 14 atom stereocenters. The first-order chi connectivity index (χ1) is 27.5. The van der Waals surface area contributed by atoms with E-state index in [0.717, 1.165) is 16.3 Å². The molecule has 13 nitrogen and oxygen atoms in total. The normalized spacial score (nSPS) is 39.6. The SMILES string of the molecule is CC[C@H]1OC(=O)[C@H](C)[C@H]2OC/C(=N\OCc3cccc4ccccc34)CO[C@@](C)(C[C@@H](C)C3OC1(C)C(=O)C3C)[C@H](O[C@@H]1O[C@H](C)C[C@H](N(C)C)[C@H]1OC(C)=O)[C@@H]2C. The number of oxime groups is 1. The van der Waals surface area contributed by atoms with Gasteiger partial charge in [0.1, 0.15) is 18.4 Å². The maximum absolute atomic E-state index is 14.3. The zero-order valence-electron chi connectivity index (χ0n) is 36.1. The van der Waals surface area contributed by atoms with E-state index in [1.54, 1.807) is 13.8 Å². The predicted octanol–water partition coefficient (Wildman–Crippen LogP) is 6.27. The van der Waals surface area contributed by atoms with E-state index < -0.39 is 77.7 Å². The minimum atomic E-state index is -1.32. The highest BCUT2D eigenvalue weighted by Crippen LogP contribution is 2.45. The Balaban J connectivity index is 1.43. The summed E-state index contributed by atoms with van der Waals surface area (Å²) >= 11 is 0. The van der Waals surface area contributed by atoms with Gasteiger partial charge in [-0.1, -0.05) is 75.3 Å². The van der Waals surface area contributed by atoms with Crippen molar-refractivity contribution in [3.8, 4) is 0 Å². The van der Waals surface area contributed by atoms with Gasteiger partial charge in [0.25, 0.3) is 0 Å². The molecule has 58 heavy (non-hydrogen) atoms. The molecule has 0 aromatic heterocycles. The Bertz CT molecular complexity index is 1810. The number of ether oxygens (including phenoxy) is 7. The average Bonchev–Trinajstić information content (AvgIpc) is 3.44. The highest BCUT2D eigenvalue weighted by molar-refractivity contribution is 5.92. The lowest BCUT2D eigenvalue weighted by molar-refractivity contribution is -0.305. The van der Waals surface area contributed by atoms with Crippen LogP contribution in [-0.2, 0) is 59.0 Å². The number of Topliss-reactive ketones (excluding diaryl/α,β-unsaturated/α-hetero) is 1. The number of carbonyl (C=O) groups is 3. The van der Waals surface area contributed by atoms with Crippen molar-refractivity contribution < 1.29 is 52.4 Å². The van der Waals surface area contributed by atoms with Crippen LogP contribution in [0, 0.1) is 23.7 Å². The van der Waals surface area contributed by atoms with Crippen molar-refractivity contribution in [1.82, 2.24) is 4.90 Å². The van der Waals surface area contributed by atoms with E-state index in [1.807, 2.05) is 77.9 Å². The number of hydrogen-bond acceptors (Lipinski definition) is 13. The Morgan fingerprint density at radius 2 is 1.69 bits per heavy atom. The molecule has 6 rings (SSSR count). The average molecular weight is 809 g/mol. The first kappa shape index (κ1) is 44.1. The lowest BCUT2D eigenvalue weighted by Crippen LogP contribution is -2.60. The molecule has 4 saturated heterocycles. The van der Waals surface area contributed by atoms with Crippen LogP contribution in [0.1, 0.15) is 87.1 Å².